The van der Waals surface area contributed by atoms with Gasteiger partial charge in [-0.3, -0.25) is 15.2 Å². The Bertz CT molecular complexity index is 357. The number of nitrogens with one attached hydrogen (secondary N) is 2. The molecular formula is C12H20N4O. The molecule has 1 aromatic rings. The van der Waals surface area contributed by atoms with Gasteiger partial charge in [0, 0.05) is 25.3 Å². The molecule has 0 spiro atoms. The summed E-state index contributed by atoms with van der Waals surface area (Å²) >= 11 is 0. The molecule has 2 rings (SSSR count). The van der Waals surface area contributed by atoms with E-state index in [4.69, 9.17) is 0 Å². The number of amides is 1. The summed E-state index contributed by atoms with van der Waals surface area (Å²) < 4.78 is 0. The number of likely N-dealkylation sites (tertiary alicyclic amines) is 1. The van der Waals surface area contributed by atoms with Crippen LogP contribution in [0.1, 0.15) is 38.4 Å². The fourth-order valence-corrected chi connectivity index (χ4v) is 2.26. The highest BCUT2D eigenvalue weighted by Crippen LogP contribution is 2.12. The van der Waals surface area contributed by atoms with E-state index in [1.54, 1.807) is 6.20 Å². The molecule has 94 valence electrons. The Morgan fingerprint density at radius 2 is 2.18 bits per heavy atom. The third kappa shape index (κ3) is 2.85. The summed E-state index contributed by atoms with van der Waals surface area (Å²) in [6, 6.07) is 1.88. The first-order valence-electron chi connectivity index (χ1n) is 6.22. The number of H-pyrrole nitrogens is 1. The molecule has 1 fully saturated rings. The zero-order chi connectivity index (χ0) is 12.3. The lowest BCUT2D eigenvalue weighted by molar-refractivity contribution is -0.132. The lowest BCUT2D eigenvalue weighted by Crippen LogP contribution is -2.44. The highest BCUT2D eigenvalue weighted by Gasteiger charge is 2.24. The number of rotatable bonds is 4. The van der Waals surface area contributed by atoms with Gasteiger partial charge in [-0.25, -0.2) is 0 Å². The van der Waals surface area contributed by atoms with Crippen molar-refractivity contribution in [2.75, 3.05) is 13.1 Å². The highest BCUT2D eigenvalue weighted by atomic mass is 16.2. The monoisotopic (exact) mass is 236 g/mol. The maximum absolute atomic E-state index is 12.1. The summed E-state index contributed by atoms with van der Waals surface area (Å²) in [5, 5.41) is 10.1. The molecular weight excluding hydrogens is 216 g/mol. The van der Waals surface area contributed by atoms with Crippen LogP contribution in [0, 0.1) is 0 Å². The molecule has 2 heterocycles. The van der Waals surface area contributed by atoms with Gasteiger partial charge in [-0.05, 0) is 32.8 Å². The average Bonchev–Trinajstić information content (AvgIpc) is 3.00. The number of aromatic nitrogens is 2. The van der Waals surface area contributed by atoms with Gasteiger partial charge < -0.3 is 4.90 Å². The Labute approximate surface area is 102 Å². The van der Waals surface area contributed by atoms with Crippen molar-refractivity contribution in [3.05, 3.63) is 18.0 Å². The minimum absolute atomic E-state index is 0.110. The molecule has 0 radical (unpaired) electrons. The van der Waals surface area contributed by atoms with Crippen LogP contribution in [0.2, 0.25) is 0 Å². The highest BCUT2D eigenvalue weighted by molar-refractivity contribution is 5.81. The minimum atomic E-state index is -0.147. The summed E-state index contributed by atoms with van der Waals surface area (Å²) in [4.78, 5) is 14.0. The molecule has 0 saturated carbocycles. The smallest absolute Gasteiger partial charge is 0.239 e. The standard InChI is InChI=1S/C12H20N4O/c1-9(11-5-6-13-15-11)14-10(2)12(17)16-7-3-4-8-16/h5-6,9-10,14H,3-4,7-8H2,1-2H3,(H,13,15). The van der Waals surface area contributed by atoms with Gasteiger partial charge in [-0.1, -0.05) is 0 Å². The average molecular weight is 236 g/mol. The Hall–Kier alpha value is -1.36. The van der Waals surface area contributed by atoms with Gasteiger partial charge in [0.15, 0.2) is 0 Å². The van der Waals surface area contributed by atoms with Crippen LogP contribution in [0.25, 0.3) is 0 Å². The third-order valence-electron chi connectivity index (χ3n) is 3.28. The van der Waals surface area contributed by atoms with Gasteiger partial charge in [0.05, 0.1) is 11.7 Å². The molecule has 2 N–H and O–H groups in total. The lowest BCUT2D eigenvalue weighted by Gasteiger charge is -2.23. The van der Waals surface area contributed by atoms with Crippen molar-refractivity contribution in [3.8, 4) is 0 Å². The van der Waals surface area contributed by atoms with E-state index in [1.165, 1.54) is 0 Å². The van der Waals surface area contributed by atoms with Crippen molar-refractivity contribution in [2.45, 2.75) is 38.8 Å². The quantitative estimate of drug-likeness (QED) is 0.822. The van der Waals surface area contributed by atoms with Crippen molar-refractivity contribution < 1.29 is 4.79 Å². The second kappa shape index (κ2) is 5.31. The third-order valence-corrected chi connectivity index (χ3v) is 3.28. The van der Waals surface area contributed by atoms with E-state index in [9.17, 15) is 4.79 Å². The Kier molecular flexibility index (Phi) is 3.78. The Morgan fingerprint density at radius 3 is 2.76 bits per heavy atom. The number of carbonyl (C=O) groups excluding carboxylic acids is 1. The maximum Gasteiger partial charge on any atom is 0.239 e. The molecule has 5 nitrogen and oxygen atoms in total. The number of carbonyl (C=O) groups is 1. The number of aromatic amines is 1. The summed E-state index contributed by atoms with van der Waals surface area (Å²) in [5.74, 6) is 0.203. The molecule has 1 aliphatic rings. The SMILES string of the molecule is CC(NC(C)c1ccn[nH]1)C(=O)N1CCCC1. The fraction of sp³-hybridized carbons (Fsp3) is 0.667. The molecule has 2 unspecified atom stereocenters. The van der Waals surface area contributed by atoms with Crippen molar-refractivity contribution in [1.82, 2.24) is 20.4 Å². The summed E-state index contributed by atoms with van der Waals surface area (Å²) in [7, 11) is 0. The van der Waals surface area contributed by atoms with Crippen LogP contribution in [0.4, 0.5) is 0 Å². The molecule has 1 amide bonds. The molecule has 2 atom stereocenters. The first-order valence-corrected chi connectivity index (χ1v) is 6.22. The summed E-state index contributed by atoms with van der Waals surface area (Å²) in [5.41, 5.74) is 1.01. The van der Waals surface area contributed by atoms with E-state index in [0.717, 1.165) is 31.6 Å². The van der Waals surface area contributed by atoms with Crippen molar-refractivity contribution >= 4 is 5.91 Å². The predicted molar refractivity (Wildman–Crippen MR) is 65.4 cm³/mol. The minimum Gasteiger partial charge on any atom is -0.341 e. The van der Waals surface area contributed by atoms with E-state index >= 15 is 0 Å². The van der Waals surface area contributed by atoms with E-state index in [-0.39, 0.29) is 18.0 Å². The number of hydrogen-bond acceptors (Lipinski definition) is 3. The largest absolute Gasteiger partial charge is 0.341 e. The first kappa shape index (κ1) is 12.1. The van der Waals surface area contributed by atoms with Gasteiger partial charge in [0.2, 0.25) is 5.91 Å². The molecule has 0 bridgehead atoms. The van der Waals surface area contributed by atoms with Crippen LogP contribution >= 0.6 is 0 Å². The van der Waals surface area contributed by atoms with Gasteiger partial charge in [0.1, 0.15) is 0 Å². The van der Waals surface area contributed by atoms with Crippen molar-refractivity contribution in [1.29, 1.82) is 0 Å². The van der Waals surface area contributed by atoms with Gasteiger partial charge >= 0.3 is 0 Å². The van der Waals surface area contributed by atoms with Crippen molar-refractivity contribution in [2.24, 2.45) is 0 Å². The topological polar surface area (TPSA) is 61.0 Å². The Balaban J connectivity index is 1.87. The molecule has 0 aliphatic carbocycles. The molecule has 1 aliphatic heterocycles. The van der Waals surface area contributed by atoms with Gasteiger partial charge in [-0.2, -0.15) is 5.10 Å². The number of hydrogen-bond donors (Lipinski definition) is 2. The zero-order valence-electron chi connectivity index (χ0n) is 10.4. The van der Waals surface area contributed by atoms with Gasteiger partial charge in [-0.15, -0.1) is 0 Å². The summed E-state index contributed by atoms with van der Waals surface area (Å²) in [6.45, 7) is 5.77. The second-order valence-corrected chi connectivity index (χ2v) is 4.65. The number of nitrogens with zero attached hydrogens (tertiary/aromatic N) is 2. The molecule has 1 aromatic heterocycles. The van der Waals surface area contributed by atoms with Crippen LogP contribution in [-0.2, 0) is 4.79 Å². The Morgan fingerprint density at radius 1 is 1.47 bits per heavy atom. The van der Waals surface area contributed by atoms with Crippen LogP contribution in [0.5, 0.6) is 0 Å². The van der Waals surface area contributed by atoms with Crippen molar-refractivity contribution in [3.63, 3.8) is 0 Å². The van der Waals surface area contributed by atoms with E-state index in [1.807, 2.05) is 24.8 Å². The van der Waals surface area contributed by atoms with E-state index in [0.29, 0.717) is 0 Å². The van der Waals surface area contributed by atoms with Crippen LogP contribution in [0.15, 0.2) is 12.3 Å². The van der Waals surface area contributed by atoms with Crippen LogP contribution < -0.4 is 5.32 Å². The summed E-state index contributed by atoms with van der Waals surface area (Å²) in [6.07, 6.45) is 3.99. The predicted octanol–water partition coefficient (Wildman–Crippen LogP) is 1.07. The first-order chi connectivity index (χ1) is 8.18. The van der Waals surface area contributed by atoms with E-state index in [2.05, 4.69) is 15.5 Å². The normalized spacial score (nSPS) is 19.3. The van der Waals surface area contributed by atoms with Gasteiger partial charge in [0.25, 0.3) is 0 Å². The maximum atomic E-state index is 12.1. The van der Waals surface area contributed by atoms with E-state index < -0.39 is 0 Å². The molecule has 0 aromatic carbocycles. The lowest BCUT2D eigenvalue weighted by atomic mass is 10.2. The van der Waals surface area contributed by atoms with Crippen LogP contribution in [0.3, 0.4) is 0 Å². The fourth-order valence-electron chi connectivity index (χ4n) is 2.26. The zero-order valence-corrected chi connectivity index (χ0v) is 10.4. The molecule has 1 saturated heterocycles. The molecule has 5 heteroatoms. The second-order valence-electron chi connectivity index (χ2n) is 4.65. The van der Waals surface area contributed by atoms with Crippen LogP contribution in [-0.4, -0.2) is 40.1 Å². The molecule has 17 heavy (non-hydrogen) atoms.